The van der Waals surface area contributed by atoms with Crippen molar-refractivity contribution in [3.8, 4) is 0 Å². The average Bonchev–Trinajstić information content (AvgIpc) is 2.57. The summed E-state index contributed by atoms with van der Waals surface area (Å²) in [5.41, 5.74) is 1.66. The summed E-state index contributed by atoms with van der Waals surface area (Å²) >= 11 is 1.03. The number of ether oxygens (including phenoxy) is 2. The van der Waals surface area contributed by atoms with Gasteiger partial charge in [-0.05, 0) is 22.9 Å². The van der Waals surface area contributed by atoms with E-state index in [9.17, 15) is 9.59 Å². The third kappa shape index (κ3) is 5.14. The molecule has 23 heavy (non-hydrogen) atoms. The fourth-order valence-electron chi connectivity index (χ4n) is 2.13. The molecule has 2 rings (SSSR count). The lowest BCUT2D eigenvalue weighted by Crippen LogP contribution is -2.19. The predicted octanol–water partition coefficient (Wildman–Crippen LogP) is 4.21. The highest BCUT2D eigenvalue weighted by atomic mass is 32.2. The van der Waals surface area contributed by atoms with Crippen molar-refractivity contribution < 1.29 is 19.1 Å². The zero-order valence-electron chi connectivity index (χ0n) is 12.8. The SMILES string of the molecule is CCSC(=O)OCOC(=O)C(c1ccccc1)c1ccccc1. The number of thioether (sulfide) groups is 1. The summed E-state index contributed by atoms with van der Waals surface area (Å²) in [6.45, 7) is 1.47. The van der Waals surface area contributed by atoms with Gasteiger partial charge in [0.25, 0.3) is 0 Å². The molecule has 120 valence electrons. The van der Waals surface area contributed by atoms with Crippen LogP contribution in [0.3, 0.4) is 0 Å². The van der Waals surface area contributed by atoms with Crippen LogP contribution in [0, 0.1) is 0 Å². The first-order valence-corrected chi connectivity index (χ1v) is 8.27. The van der Waals surface area contributed by atoms with Crippen LogP contribution in [0.5, 0.6) is 0 Å². The molecule has 0 saturated heterocycles. The summed E-state index contributed by atoms with van der Waals surface area (Å²) in [4.78, 5) is 23.7. The molecule has 0 unspecified atom stereocenters. The van der Waals surface area contributed by atoms with Gasteiger partial charge in [0.1, 0.15) is 5.92 Å². The maximum Gasteiger partial charge on any atom is 0.370 e. The van der Waals surface area contributed by atoms with Gasteiger partial charge in [-0.3, -0.25) is 4.79 Å². The van der Waals surface area contributed by atoms with Gasteiger partial charge in [-0.1, -0.05) is 67.6 Å². The van der Waals surface area contributed by atoms with Gasteiger partial charge in [0, 0.05) is 5.75 Å². The molecule has 0 spiro atoms. The van der Waals surface area contributed by atoms with Gasteiger partial charge in [0.05, 0.1) is 0 Å². The monoisotopic (exact) mass is 330 g/mol. The van der Waals surface area contributed by atoms with Crippen molar-refractivity contribution >= 4 is 23.0 Å². The number of carbonyl (C=O) groups excluding carboxylic acids is 2. The van der Waals surface area contributed by atoms with Crippen molar-refractivity contribution in [3.05, 3.63) is 71.8 Å². The minimum Gasteiger partial charge on any atom is -0.427 e. The Morgan fingerprint density at radius 2 is 1.43 bits per heavy atom. The highest BCUT2D eigenvalue weighted by molar-refractivity contribution is 8.13. The van der Waals surface area contributed by atoms with Crippen LogP contribution in [0.25, 0.3) is 0 Å². The van der Waals surface area contributed by atoms with Crippen LogP contribution < -0.4 is 0 Å². The number of hydrogen-bond acceptors (Lipinski definition) is 5. The van der Waals surface area contributed by atoms with Crippen LogP contribution in [0.2, 0.25) is 0 Å². The van der Waals surface area contributed by atoms with E-state index in [1.165, 1.54) is 0 Å². The predicted molar refractivity (Wildman–Crippen MR) is 90.3 cm³/mol. The molecule has 0 heterocycles. The lowest BCUT2D eigenvalue weighted by atomic mass is 9.91. The third-order valence-electron chi connectivity index (χ3n) is 3.14. The molecule has 0 N–H and O–H groups in total. The summed E-state index contributed by atoms with van der Waals surface area (Å²) in [7, 11) is 0. The van der Waals surface area contributed by atoms with Gasteiger partial charge < -0.3 is 9.47 Å². The van der Waals surface area contributed by atoms with Crippen molar-refractivity contribution in [1.82, 2.24) is 0 Å². The quantitative estimate of drug-likeness (QED) is 0.586. The molecular weight excluding hydrogens is 312 g/mol. The summed E-state index contributed by atoms with van der Waals surface area (Å²) in [6, 6.07) is 18.8. The summed E-state index contributed by atoms with van der Waals surface area (Å²) in [5, 5.41) is -0.448. The fraction of sp³-hybridized carbons (Fsp3) is 0.222. The van der Waals surface area contributed by atoms with E-state index >= 15 is 0 Å². The maximum absolute atomic E-state index is 12.5. The van der Waals surface area contributed by atoms with Gasteiger partial charge in [0.15, 0.2) is 0 Å². The smallest absolute Gasteiger partial charge is 0.370 e. The van der Waals surface area contributed by atoms with E-state index in [1.54, 1.807) is 0 Å². The zero-order chi connectivity index (χ0) is 16.5. The number of rotatable bonds is 6. The molecule has 2 aromatic rings. The Balaban J connectivity index is 2.09. The van der Waals surface area contributed by atoms with E-state index in [2.05, 4.69) is 0 Å². The molecule has 0 aliphatic carbocycles. The highest BCUT2D eigenvalue weighted by Crippen LogP contribution is 2.25. The molecule has 0 bridgehead atoms. The van der Waals surface area contributed by atoms with Crippen molar-refractivity contribution in [1.29, 1.82) is 0 Å². The van der Waals surface area contributed by atoms with Crippen molar-refractivity contribution in [3.63, 3.8) is 0 Å². The highest BCUT2D eigenvalue weighted by Gasteiger charge is 2.24. The molecule has 5 heteroatoms. The fourth-order valence-corrected chi connectivity index (χ4v) is 2.50. The van der Waals surface area contributed by atoms with Crippen molar-refractivity contribution in [2.75, 3.05) is 12.5 Å². The summed E-state index contributed by atoms with van der Waals surface area (Å²) in [5.74, 6) is -0.379. The van der Waals surface area contributed by atoms with Crippen molar-refractivity contribution in [2.45, 2.75) is 12.8 Å². The number of esters is 1. The van der Waals surface area contributed by atoms with Crippen molar-refractivity contribution in [2.24, 2.45) is 0 Å². The largest absolute Gasteiger partial charge is 0.427 e. The molecule has 0 aliphatic rings. The standard InChI is InChI=1S/C18H18O4S/c1-2-23-18(20)22-13-21-17(19)16(14-9-5-3-6-10-14)15-11-7-4-8-12-15/h3-12,16H,2,13H2,1H3. The van der Waals surface area contributed by atoms with E-state index in [1.807, 2.05) is 67.6 Å². The Morgan fingerprint density at radius 3 is 1.91 bits per heavy atom. The molecule has 0 radical (unpaired) electrons. The Labute approximate surface area is 139 Å². The third-order valence-corrected chi connectivity index (χ3v) is 3.78. The van der Waals surface area contributed by atoms with Crippen LogP contribution in [0.4, 0.5) is 4.79 Å². The summed E-state index contributed by atoms with van der Waals surface area (Å²) < 4.78 is 9.99. The first kappa shape index (κ1) is 17.1. The van der Waals surface area contributed by atoms with Gasteiger partial charge in [-0.15, -0.1) is 0 Å². The zero-order valence-corrected chi connectivity index (χ0v) is 13.6. The van der Waals surface area contributed by atoms with Crippen LogP contribution >= 0.6 is 11.8 Å². The van der Waals surface area contributed by atoms with E-state index in [0.717, 1.165) is 22.9 Å². The van der Waals surface area contributed by atoms with E-state index in [-0.39, 0.29) is 6.79 Å². The number of hydrogen-bond donors (Lipinski definition) is 0. The topological polar surface area (TPSA) is 52.6 Å². The molecule has 4 nitrogen and oxygen atoms in total. The van der Waals surface area contributed by atoms with E-state index in [4.69, 9.17) is 9.47 Å². The normalized spacial score (nSPS) is 10.3. The van der Waals surface area contributed by atoms with Gasteiger partial charge in [0.2, 0.25) is 6.79 Å². The van der Waals surface area contributed by atoms with Gasteiger partial charge in [-0.25, -0.2) is 4.79 Å². The van der Waals surface area contributed by atoms with Crippen LogP contribution in [-0.2, 0) is 14.3 Å². The molecule has 0 aromatic heterocycles. The Morgan fingerprint density at radius 1 is 0.913 bits per heavy atom. The molecule has 0 fully saturated rings. The van der Waals surface area contributed by atoms with E-state index in [0.29, 0.717) is 5.75 Å². The molecule has 2 aromatic carbocycles. The second-order valence-electron chi connectivity index (χ2n) is 4.66. The van der Waals surface area contributed by atoms with E-state index < -0.39 is 17.2 Å². The van der Waals surface area contributed by atoms with Gasteiger partial charge in [-0.2, -0.15) is 0 Å². The average molecular weight is 330 g/mol. The molecule has 0 saturated carbocycles. The first-order chi connectivity index (χ1) is 11.2. The Hall–Kier alpha value is -2.27. The van der Waals surface area contributed by atoms with Gasteiger partial charge >= 0.3 is 11.3 Å². The summed E-state index contributed by atoms with van der Waals surface area (Å²) in [6.07, 6.45) is 0. The minimum absolute atomic E-state index is 0.374. The maximum atomic E-state index is 12.5. The Bertz CT molecular complexity index is 588. The lowest BCUT2D eigenvalue weighted by Gasteiger charge is -2.16. The molecule has 0 amide bonds. The lowest BCUT2D eigenvalue weighted by molar-refractivity contribution is -0.152. The molecule has 0 atom stereocenters. The molecule has 0 aliphatic heterocycles. The number of benzene rings is 2. The second kappa shape index (κ2) is 9.00. The first-order valence-electron chi connectivity index (χ1n) is 7.28. The second-order valence-corrected chi connectivity index (χ2v) is 5.86. The van der Waals surface area contributed by atoms with Crippen LogP contribution in [0.1, 0.15) is 24.0 Å². The van der Waals surface area contributed by atoms with Crippen LogP contribution in [-0.4, -0.2) is 23.8 Å². The Kier molecular flexibility index (Phi) is 6.69. The minimum atomic E-state index is -0.546. The number of carbonyl (C=O) groups is 2. The molecular formula is C18H18O4S. The van der Waals surface area contributed by atoms with Crippen LogP contribution in [0.15, 0.2) is 60.7 Å².